The van der Waals surface area contributed by atoms with Crippen molar-refractivity contribution in [2.24, 2.45) is 5.41 Å². The molecule has 1 unspecified atom stereocenters. The van der Waals surface area contributed by atoms with Crippen LogP contribution in [0.25, 0.3) is 0 Å². The molecule has 0 saturated carbocycles. The molecule has 27 heavy (non-hydrogen) atoms. The molecule has 1 fully saturated rings. The van der Waals surface area contributed by atoms with Gasteiger partial charge < -0.3 is 14.4 Å². The largest absolute Gasteiger partial charge is 0.416 e. The third kappa shape index (κ3) is 4.00. The van der Waals surface area contributed by atoms with Gasteiger partial charge in [0.15, 0.2) is 0 Å². The van der Waals surface area contributed by atoms with Gasteiger partial charge in [0, 0.05) is 22.7 Å². The molecule has 0 aromatic heterocycles. The summed E-state index contributed by atoms with van der Waals surface area (Å²) in [4.78, 5) is 0. The Kier molecular flexibility index (Phi) is 5.08. The van der Waals surface area contributed by atoms with Crippen LogP contribution in [0.4, 0.5) is 13.2 Å². The molecule has 0 spiro atoms. The minimum Gasteiger partial charge on any atom is -0.362 e. The topological polar surface area (TPSA) is 47.6 Å². The third-order valence-corrected chi connectivity index (χ3v) is 6.77. The Morgan fingerprint density at radius 2 is 1.74 bits per heavy atom. The van der Waals surface area contributed by atoms with Gasteiger partial charge in [-0.1, -0.05) is 38.1 Å². The third-order valence-electron chi connectivity index (χ3n) is 4.63. The molecule has 1 atom stereocenters. The van der Waals surface area contributed by atoms with Gasteiger partial charge in [0.2, 0.25) is 0 Å². The first kappa shape index (κ1) is 20.2. The first-order valence-electron chi connectivity index (χ1n) is 8.65. The lowest BCUT2D eigenvalue weighted by Gasteiger charge is -2.38. The average molecular weight is 401 g/mol. The van der Waals surface area contributed by atoms with Crippen molar-refractivity contribution in [2.75, 3.05) is 13.2 Å². The molecular weight excluding hydrogens is 378 g/mol. The van der Waals surface area contributed by atoms with E-state index in [1.807, 2.05) is 13.8 Å². The molecule has 0 aliphatic carbocycles. The van der Waals surface area contributed by atoms with E-state index >= 15 is 0 Å². The van der Waals surface area contributed by atoms with Crippen molar-refractivity contribution in [3.63, 3.8) is 0 Å². The highest BCUT2D eigenvalue weighted by molar-refractivity contribution is 7.58. The van der Waals surface area contributed by atoms with Crippen molar-refractivity contribution < 1.29 is 26.8 Å². The van der Waals surface area contributed by atoms with Gasteiger partial charge in [0.05, 0.1) is 24.1 Å². The fraction of sp³-hybridized carbons (Fsp3) is 0.474. The summed E-state index contributed by atoms with van der Waals surface area (Å²) in [6.45, 7) is 7.68. The SMILES string of the molecule is CC1=CC(c2ccccc2C(F)(F)F)C(P2(=O)OCC(C)(C)CO2)=C(C)N1. The van der Waals surface area contributed by atoms with Crippen LogP contribution in [0.1, 0.15) is 44.7 Å². The fourth-order valence-corrected chi connectivity index (χ4v) is 5.75. The van der Waals surface area contributed by atoms with Gasteiger partial charge in [0.1, 0.15) is 0 Å². The van der Waals surface area contributed by atoms with Gasteiger partial charge in [0.25, 0.3) is 0 Å². The summed E-state index contributed by atoms with van der Waals surface area (Å²) in [6.07, 6.45) is -2.88. The van der Waals surface area contributed by atoms with Crippen LogP contribution >= 0.6 is 7.60 Å². The quantitative estimate of drug-likeness (QED) is 0.637. The zero-order valence-corrected chi connectivity index (χ0v) is 16.6. The van der Waals surface area contributed by atoms with Crippen molar-refractivity contribution in [3.8, 4) is 0 Å². The van der Waals surface area contributed by atoms with Gasteiger partial charge >= 0.3 is 13.8 Å². The highest BCUT2D eigenvalue weighted by Gasteiger charge is 2.46. The minimum absolute atomic E-state index is 0.0347. The Bertz CT molecular complexity index is 844. The van der Waals surface area contributed by atoms with E-state index in [1.165, 1.54) is 12.1 Å². The maximum absolute atomic E-state index is 13.6. The van der Waals surface area contributed by atoms with Crippen LogP contribution in [-0.2, 0) is 19.8 Å². The van der Waals surface area contributed by atoms with E-state index in [2.05, 4.69) is 5.32 Å². The Morgan fingerprint density at radius 3 is 2.33 bits per heavy atom. The molecule has 2 heterocycles. The number of hydrogen-bond acceptors (Lipinski definition) is 4. The molecule has 2 aliphatic heterocycles. The lowest BCUT2D eigenvalue weighted by molar-refractivity contribution is -0.138. The van der Waals surface area contributed by atoms with Crippen molar-refractivity contribution in [2.45, 2.75) is 39.8 Å². The molecule has 1 aromatic carbocycles. The van der Waals surface area contributed by atoms with Crippen molar-refractivity contribution in [1.29, 1.82) is 0 Å². The van der Waals surface area contributed by atoms with Crippen molar-refractivity contribution in [1.82, 2.24) is 5.32 Å². The van der Waals surface area contributed by atoms with Gasteiger partial charge in [-0.3, -0.25) is 4.57 Å². The molecular formula is C19H23F3NO3P. The second kappa shape index (κ2) is 6.80. The Morgan fingerprint density at radius 1 is 1.15 bits per heavy atom. The summed E-state index contributed by atoms with van der Waals surface area (Å²) in [7, 11) is -3.74. The molecule has 4 nitrogen and oxygen atoms in total. The standard InChI is InChI=1S/C19H23F3NO3P/c1-12-9-15(14-7-5-6-8-16(14)19(20,21)22)17(13(2)23-12)27(24)25-10-18(3,4)11-26-27/h5-9,15,23H,10-11H2,1-4H3. The van der Waals surface area contributed by atoms with E-state index in [-0.39, 0.29) is 29.5 Å². The van der Waals surface area contributed by atoms with E-state index in [4.69, 9.17) is 9.05 Å². The predicted molar refractivity (Wildman–Crippen MR) is 97.1 cm³/mol. The fourth-order valence-electron chi connectivity index (χ4n) is 3.34. The van der Waals surface area contributed by atoms with E-state index in [9.17, 15) is 17.7 Å². The van der Waals surface area contributed by atoms with Crippen LogP contribution in [-0.4, -0.2) is 13.2 Å². The van der Waals surface area contributed by atoms with Crippen LogP contribution in [0.3, 0.4) is 0 Å². The second-order valence-electron chi connectivity index (χ2n) is 7.76. The summed E-state index contributed by atoms with van der Waals surface area (Å²) < 4.78 is 65.5. The second-order valence-corrected chi connectivity index (χ2v) is 9.75. The number of allylic oxidation sites excluding steroid dienone is 4. The molecule has 8 heteroatoms. The van der Waals surface area contributed by atoms with Crippen LogP contribution in [0.2, 0.25) is 0 Å². The monoisotopic (exact) mass is 401 g/mol. The maximum atomic E-state index is 13.6. The molecule has 0 bridgehead atoms. The van der Waals surface area contributed by atoms with E-state index < -0.39 is 25.3 Å². The number of dihydropyridines is 1. The van der Waals surface area contributed by atoms with Gasteiger partial charge in [-0.05, 0) is 25.5 Å². The first-order valence-corrected chi connectivity index (χ1v) is 10.2. The molecule has 1 saturated heterocycles. The zero-order chi connectivity index (χ0) is 20.0. The van der Waals surface area contributed by atoms with Crippen LogP contribution < -0.4 is 5.32 Å². The van der Waals surface area contributed by atoms with E-state index in [0.717, 1.165) is 6.07 Å². The minimum atomic E-state index is -4.52. The van der Waals surface area contributed by atoms with Gasteiger partial charge in [-0.15, -0.1) is 0 Å². The summed E-state index contributed by atoms with van der Waals surface area (Å²) in [5.74, 6) is -0.851. The van der Waals surface area contributed by atoms with Crippen LogP contribution in [0, 0.1) is 5.41 Å². The summed E-state index contributed by atoms with van der Waals surface area (Å²) in [5.41, 5.74) is 0.153. The predicted octanol–water partition coefficient (Wildman–Crippen LogP) is 5.79. The number of nitrogens with one attached hydrogen (secondary N) is 1. The Balaban J connectivity index is 2.11. The van der Waals surface area contributed by atoms with Crippen LogP contribution in [0.5, 0.6) is 0 Å². The summed E-state index contributed by atoms with van der Waals surface area (Å²) >= 11 is 0. The van der Waals surface area contributed by atoms with Crippen molar-refractivity contribution >= 4 is 7.60 Å². The van der Waals surface area contributed by atoms with Gasteiger partial charge in [-0.25, -0.2) is 0 Å². The van der Waals surface area contributed by atoms with E-state index in [1.54, 1.807) is 26.0 Å². The normalized spacial score (nSPS) is 25.0. The molecule has 148 valence electrons. The number of alkyl halides is 3. The highest BCUT2D eigenvalue weighted by atomic mass is 31.2. The maximum Gasteiger partial charge on any atom is 0.416 e. The smallest absolute Gasteiger partial charge is 0.362 e. The van der Waals surface area contributed by atoms with Crippen LogP contribution in [0.15, 0.2) is 47.0 Å². The molecule has 0 radical (unpaired) electrons. The summed E-state index contributed by atoms with van der Waals surface area (Å²) in [6, 6.07) is 5.34. The molecule has 0 amide bonds. The first-order chi connectivity index (χ1) is 12.4. The van der Waals surface area contributed by atoms with Crippen molar-refractivity contribution in [3.05, 3.63) is 58.2 Å². The van der Waals surface area contributed by atoms with Gasteiger partial charge in [-0.2, -0.15) is 13.2 Å². The lowest BCUT2D eigenvalue weighted by atomic mass is 9.90. The molecule has 2 aliphatic rings. The number of halogens is 3. The average Bonchev–Trinajstić information content (AvgIpc) is 2.56. The Labute approximate surface area is 157 Å². The molecule has 3 rings (SSSR count). The highest BCUT2D eigenvalue weighted by Crippen LogP contribution is 2.65. The molecule has 1 aromatic rings. The number of hydrogen-bond donors (Lipinski definition) is 1. The summed E-state index contributed by atoms with van der Waals surface area (Å²) in [5, 5.41) is 3.29. The Hall–Kier alpha value is -1.56. The van der Waals surface area contributed by atoms with E-state index in [0.29, 0.717) is 11.4 Å². The number of benzene rings is 1. The lowest BCUT2D eigenvalue weighted by Crippen LogP contribution is -2.31. The zero-order valence-electron chi connectivity index (χ0n) is 15.7. The molecule has 1 N–H and O–H groups in total. The number of rotatable bonds is 2.